The van der Waals surface area contributed by atoms with Crippen molar-refractivity contribution in [3.63, 3.8) is 0 Å². The van der Waals surface area contributed by atoms with Gasteiger partial charge in [0.05, 0.1) is 0 Å². The summed E-state index contributed by atoms with van der Waals surface area (Å²) in [5.41, 5.74) is 0. The van der Waals surface area contributed by atoms with Crippen molar-refractivity contribution in [3.05, 3.63) is 97.2 Å². The minimum absolute atomic E-state index is 0.0861. The van der Waals surface area contributed by atoms with Crippen LogP contribution in [0.15, 0.2) is 97.2 Å². The molecule has 6 heteroatoms. The van der Waals surface area contributed by atoms with E-state index >= 15 is 0 Å². The van der Waals surface area contributed by atoms with Crippen LogP contribution in [0.5, 0.6) is 0 Å². The molecule has 0 bridgehead atoms. The topological polar surface area (TPSA) is 78.9 Å². The van der Waals surface area contributed by atoms with Gasteiger partial charge in [0.2, 0.25) is 0 Å². The fourth-order valence-electron chi connectivity index (χ4n) is 9.71. The van der Waals surface area contributed by atoms with Crippen LogP contribution in [0.1, 0.15) is 335 Å². The molecule has 0 fully saturated rings. The van der Waals surface area contributed by atoms with Gasteiger partial charge in [0.15, 0.2) is 6.10 Å². The maximum Gasteiger partial charge on any atom is 0.306 e. The maximum absolute atomic E-state index is 13.0. The quantitative estimate of drug-likeness (QED) is 0.0261. The molecule has 0 heterocycles. The van der Waals surface area contributed by atoms with E-state index in [1.807, 2.05) is 0 Å². The van der Waals surface area contributed by atoms with E-state index in [9.17, 15) is 14.4 Å². The van der Waals surface area contributed by atoms with E-state index in [0.29, 0.717) is 19.3 Å². The summed E-state index contributed by atoms with van der Waals surface area (Å²) >= 11 is 0. The van der Waals surface area contributed by atoms with Crippen LogP contribution >= 0.6 is 0 Å². The van der Waals surface area contributed by atoms with Crippen LogP contribution in [0, 0.1) is 0 Å². The predicted molar refractivity (Wildman–Crippen MR) is 348 cm³/mol. The van der Waals surface area contributed by atoms with Crippen molar-refractivity contribution in [3.8, 4) is 0 Å². The number of unbranched alkanes of at least 4 members (excludes halogenated alkanes) is 35. The average Bonchev–Trinajstić information content (AvgIpc) is 3.46. The Morgan fingerprint density at radius 3 is 0.787 bits per heavy atom. The molecule has 1 unspecified atom stereocenters. The van der Waals surface area contributed by atoms with Gasteiger partial charge in [-0.15, -0.1) is 0 Å². The van der Waals surface area contributed by atoms with E-state index in [1.54, 1.807) is 0 Å². The summed E-state index contributed by atoms with van der Waals surface area (Å²) in [6, 6.07) is 0. The number of hydrogen-bond donors (Lipinski definition) is 0. The first kappa shape index (κ1) is 76.3. The zero-order valence-corrected chi connectivity index (χ0v) is 52.8. The van der Waals surface area contributed by atoms with Gasteiger partial charge in [0.25, 0.3) is 0 Å². The Balaban J connectivity index is 4.42. The Labute approximate surface area is 496 Å². The highest BCUT2D eigenvalue weighted by molar-refractivity contribution is 5.71. The second-order valence-electron chi connectivity index (χ2n) is 22.7. The van der Waals surface area contributed by atoms with E-state index in [0.717, 1.165) is 109 Å². The summed E-state index contributed by atoms with van der Waals surface area (Å²) in [5, 5.41) is 0. The highest BCUT2D eigenvalue weighted by Crippen LogP contribution is 2.17. The average molecular weight is 1110 g/mol. The molecule has 0 aromatic heterocycles. The molecule has 0 aliphatic rings. The van der Waals surface area contributed by atoms with E-state index in [2.05, 4.69) is 118 Å². The minimum Gasteiger partial charge on any atom is -0.462 e. The summed E-state index contributed by atoms with van der Waals surface area (Å²) in [7, 11) is 0. The molecule has 0 saturated carbocycles. The first-order valence-corrected chi connectivity index (χ1v) is 34.2. The summed E-state index contributed by atoms with van der Waals surface area (Å²) in [6.07, 6.45) is 91.3. The molecule has 0 aromatic carbocycles. The predicted octanol–water partition coefficient (Wildman–Crippen LogP) is 23.6. The summed E-state index contributed by atoms with van der Waals surface area (Å²) in [4.78, 5) is 38.4. The zero-order valence-electron chi connectivity index (χ0n) is 52.8. The Kier molecular flexibility index (Phi) is 64.7. The highest BCUT2D eigenvalue weighted by Gasteiger charge is 2.19. The fraction of sp³-hybridized carbons (Fsp3) is 0.743. The number of ether oxygens (including phenoxy) is 3. The third kappa shape index (κ3) is 65.1. The van der Waals surface area contributed by atoms with Crippen LogP contribution in [-0.4, -0.2) is 37.2 Å². The van der Waals surface area contributed by atoms with Crippen molar-refractivity contribution < 1.29 is 28.6 Å². The summed E-state index contributed by atoms with van der Waals surface area (Å²) in [6.45, 7) is 6.54. The maximum atomic E-state index is 13.0. The second-order valence-corrected chi connectivity index (χ2v) is 22.7. The molecule has 460 valence electrons. The zero-order chi connectivity index (χ0) is 57.8. The SMILES string of the molecule is CC/C=C\C/C=C\C/C=C\C/C=C\C/C=C\C/C=C\C/C=C\CCCCCC(=O)OCC(COC(=O)CCCCCCCCCCCCCCCCCC)OC(=O)CCCCCCCCCCC/C=C\CCCCCCCCCC. The first-order chi connectivity index (χ1) is 39.5. The lowest BCUT2D eigenvalue weighted by Gasteiger charge is -2.18. The van der Waals surface area contributed by atoms with Crippen LogP contribution in [0.4, 0.5) is 0 Å². The van der Waals surface area contributed by atoms with Gasteiger partial charge in [0.1, 0.15) is 13.2 Å². The number of carbonyl (C=O) groups is 3. The molecule has 0 aromatic rings. The third-order valence-corrected chi connectivity index (χ3v) is 14.8. The van der Waals surface area contributed by atoms with Gasteiger partial charge in [0, 0.05) is 19.3 Å². The Morgan fingerprint density at radius 1 is 0.263 bits per heavy atom. The number of allylic oxidation sites excluding steroid dienone is 16. The smallest absolute Gasteiger partial charge is 0.306 e. The minimum atomic E-state index is -0.794. The normalized spacial score (nSPS) is 12.7. The van der Waals surface area contributed by atoms with Crippen LogP contribution in [0.3, 0.4) is 0 Å². The van der Waals surface area contributed by atoms with Crippen LogP contribution in [0.25, 0.3) is 0 Å². The molecule has 0 amide bonds. The number of rotatable bonds is 62. The third-order valence-electron chi connectivity index (χ3n) is 14.8. The van der Waals surface area contributed by atoms with E-state index in [4.69, 9.17) is 14.2 Å². The van der Waals surface area contributed by atoms with E-state index < -0.39 is 6.10 Å². The molecule has 6 nitrogen and oxygen atoms in total. The van der Waals surface area contributed by atoms with E-state index in [-0.39, 0.29) is 31.1 Å². The molecular formula is C74H128O6. The second kappa shape index (κ2) is 67.8. The van der Waals surface area contributed by atoms with Crippen molar-refractivity contribution in [1.29, 1.82) is 0 Å². The van der Waals surface area contributed by atoms with Gasteiger partial charge in [-0.3, -0.25) is 14.4 Å². The Bertz CT molecular complexity index is 1560. The molecule has 0 aliphatic heterocycles. The molecule has 0 saturated heterocycles. The van der Waals surface area contributed by atoms with Gasteiger partial charge in [-0.2, -0.15) is 0 Å². The fourth-order valence-corrected chi connectivity index (χ4v) is 9.71. The van der Waals surface area contributed by atoms with Gasteiger partial charge >= 0.3 is 17.9 Å². The standard InChI is InChI=1S/C74H128O6/c1-4-7-10-13-16-19-22-25-28-31-33-35-36-37-38-40-41-43-46-49-52-55-58-61-64-67-73(76)79-70-71(69-78-72(75)66-63-60-57-54-51-48-45-30-27-24-21-18-15-12-9-6-3)80-74(77)68-65-62-59-56-53-50-47-44-42-39-34-32-29-26-23-20-17-14-11-8-5-2/h7,10,16,19,25,28,32-35,37-38,41,43,49,52,71H,4-6,8-9,11-15,17-18,20-24,26-27,29-31,36,39-40,42,44-48,50-51,53-70H2,1-3H3/b10-7-,19-16-,28-25-,34-32-,35-33-,38-37-,43-41-,52-49-. The first-order valence-electron chi connectivity index (χ1n) is 34.2. The van der Waals surface area contributed by atoms with Gasteiger partial charge in [-0.1, -0.05) is 311 Å². The molecule has 0 rings (SSSR count). The van der Waals surface area contributed by atoms with Crippen LogP contribution in [0.2, 0.25) is 0 Å². The number of esters is 3. The van der Waals surface area contributed by atoms with Gasteiger partial charge < -0.3 is 14.2 Å². The summed E-state index contributed by atoms with van der Waals surface area (Å²) in [5.74, 6) is -0.907. The lowest BCUT2D eigenvalue weighted by molar-refractivity contribution is -0.167. The van der Waals surface area contributed by atoms with Crippen molar-refractivity contribution in [1.82, 2.24) is 0 Å². The van der Waals surface area contributed by atoms with Crippen molar-refractivity contribution >= 4 is 17.9 Å². The van der Waals surface area contributed by atoms with Crippen LogP contribution in [-0.2, 0) is 28.6 Å². The lowest BCUT2D eigenvalue weighted by Crippen LogP contribution is -2.30. The highest BCUT2D eigenvalue weighted by atomic mass is 16.6. The van der Waals surface area contributed by atoms with Crippen molar-refractivity contribution in [2.24, 2.45) is 0 Å². The molecule has 0 aliphatic carbocycles. The molecule has 0 N–H and O–H groups in total. The van der Waals surface area contributed by atoms with Crippen molar-refractivity contribution in [2.75, 3.05) is 13.2 Å². The molecule has 1 atom stereocenters. The van der Waals surface area contributed by atoms with Crippen LogP contribution < -0.4 is 0 Å². The number of carbonyl (C=O) groups excluding carboxylic acids is 3. The largest absolute Gasteiger partial charge is 0.462 e. The van der Waals surface area contributed by atoms with Crippen molar-refractivity contribution in [2.45, 2.75) is 341 Å². The monoisotopic (exact) mass is 1110 g/mol. The molecule has 80 heavy (non-hydrogen) atoms. The molecule has 0 radical (unpaired) electrons. The van der Waals surface area contributed by atoms with Gasteiger partial charge in [-0.25, -0.2) is 0 Å². The number of hydrogen-bond acceptors (Lipinski definition) is 6. The van der Waals surface area contributed by atoms with E-state index in [1.165, 1.54) is 186 Å². The molecular weight excluding hydrogens is 985 g/mol. The molecule has 0 spiro atoms. The lowest BCUT2D eigenvalue weighted by atomic mass is 10.0. The summed E-state index contributed by atoms with van der Waals surface area (Å²) < 4.78 is 17.0. The Morgan fingerprint density at radius 2 is 0.487 bits per heavy atom. The van der Waals surface area contributed by atoms with Gasteiger partial charge in [-0.05, 0) is 103 Å². The Hall–Kier alpha value is -3.67.